The number of aliphatic carboxylic acids is 1. The van der Waals surface area contributed by atoms with Crippen molar-refractivity contribution in [2.75, 3.05) is 13.6 Å². The number of halogens is 4. The highest BCUT2D eigenvalue weighted by molar-refractivity contribution is 5.80. The lowest BCUT2D eigenvalue weighted by molar-refractivity contribution is -0.192. The van der Waals surface area contributed by atoms with Crippen LogP contribution in [0.5, 0.6) is 0 Å². The standard InChI is InChI=1S/C16H21FN2O2.C2HF3O2/c1-18-16(20)15-7-6-13-14(21-15)8-9-19(13)10-11-4-2-3-5-12(11)17;3-2(4,5)1(6)7/h2-5,13-15H,6-10H2,1H3,(H,18,20);(H,6,7)/t13-,14-,15+;/m1./s1. The second kappa shape index (κ2) is 9.33. The Kier molecular flexibility index (Phi) is 7.36. The van der Waals surface area contributed by atoms with Crippen molar-refractivity contribution in [1.29, 1.82) is 0 Å². The first kappa shape index (κ1) is 22.1. The van der Waals surface area contributed by atoms with Crippen LogP contribution in [0, 0.1) is 5.82 Å². The molecule has 156 valence electrons. The number of likely N-dealkylation sites (N-methyl/N-ethyl adjacent to an activating group) is 1. The maximum absolute atomic E-state index is 13.8. The van der Waals surface area contributed by atoms with Gasteiger partial charge in [-0.3, -0.25) is 9.69 Å². The van der Waals surface area contributed by atoms with Gasteiger partial charge in [-0.15, -0.1) is 0 Å². The monoisotopic (exact) mass is 406 g/mol. The molecular weight excluding hydrogens is 384 g/mol. The number of nitrogens with one attached hydrogen (secondary N) is 1. The van der Waals surface area contributed by atoms with Gasteiger partial charge in [0.2, 0.25) is 5.91 Å². The zero-order valence-corrected chi connectivity index (χ0v) is 15.2. The Hall–Kier alpha value is -2.20. The molecule has 0 aliphatic carbocycles. The van der Waals surface area contributed by atoms with Crippen LogP contribution in [0.3, 0.4) is 0 Å². The molecule has 0 unspecified atom stereocenters. The first-order valence-electron chi connectivity index (χ1n) is 8.78. The summed E-state index contributed by atoms with van der Waals surface area (Å²) in [6, 6.07) is 7.21. The number of nitrogens with zero attached hydrogens (tertiary/aromatic N) is 1. The maximum atomic E-state index is 13.8. The van der Waals surface area contributed by atoms with E-state index < -0.39 is 12.1 Å². The van der Waals surface area contributed by atoms with Gasteiger partial charge in [0.25, 0.3) is 0 Å². The van der Waals surface area contributed by atoms with Gasteiger partial charge in [-0.2, -0.15) is 13.2 Å². The van der Waals surface area contributed by atoms with E-state index in [-0.39, 0.29) is 23.9 Å². The number of ether oxygens (including phenoxy) is 1. The smallest absolute Gasteiger partial charge is 0.475 e. The lowest BCUT2D eigenvalue weighted by Gasteiger charge is -2.35. The Morgan fingerprint density at radius 2 is 1.89 bits per heavy atom. The maximum Gasteiger partial charge on any atom is 0.490 e. The van der Waals surface area contributed by atoms with E-state index in [1.54, 1.807) is 13.1 Å². The summed E-state index contributed by atoms with van der Waals surface area (Å²) in [5.74, 6) is -2.95. The number of carbonyl (C=O) groups excluding carboxylic acids is 1. The SMILES string of the molecule is CNC(=O)[C@@H]1CC[C@@H]2[C@@H](CCN2Cc2ccccc2F)O1.O=C(O)C(F)(F)F. The van der Waals surface area contributed by atoms with Crippen LogP contribution >= 0.6 is 0 Å². The Morgan fingerprint density at radius 1 is 1.25 bits per heavy atom. The highest BCUT2D eigenvalue weighted by Gasteiger charge is 2.41. The number of benzene rings is 1. The lowest BCUT2D eigenvalue weighted by atomic mass is 9.98. The molecule has 0 radical (unpaired) electrons. The fraction of sp³-hybridized carbons (Fsp3) is 0.556. The first-order chi connectivity index (χ1) is 13.1. The van der Waals surface area contributed by atoms with Gasteiger partial charge in [0.05, 0.1) is 6.10 Å². The molecule has 6 nitrogen and oxygen atoms in total. The predicted octanol–water partition coefficient (Wildman–Crippen LogP) is 2.33. The van der Waals surface area contributed by atoms with Gasteiger partial charge in [-0.1, -0.05) is 18.2 Å². The summed E-state index contributed by atoms with van der Waals surface area (Å²) in [4.78, 5) is 22.9. The van der Waals surface area contributed by atoms with Crippen LogP contribution in [0.1, 0.15) is 24.8 Å². The number of amides is 1. The van der Waals surface area contributed by atoms with Crippen molar-refractivity contribution >= 4 is 11.9 Å². The molecule has 1 aromatic carbocycles. The van der Waals surface area contributed by atoms with E-state index in [4.69, 9.17) is 14.6 Å². The minimum absolute atomic E-state index is 0.0407. The molecular formula is C18H22F4N2O4. The van der Waals surface area contributed by atoms with Crippen LogP contribution in [-0.2, 0) is 20.9 Å². The third-order valence-corrected chi connectivity index (χ3v) is 4.78. The van der Waals surface area contributed by atoms with Crippen LogP contribution in [0.25, 0.3) is 0 Å². The molecule has 28 heavy (non-hydrogen) atoms. The molecule has 1 amide bonds. The van der Waals surface area contributed by atoms with Crippen LogP contribution < -0.4 is 5.32 Å². The molecule has 0 saturated carbocycles. The largest absolute Gasteiger partial charge is 0.490 e. The zero-order chi connectivity index (χ0) is 20.9. The predicted molar refractivity (Wildman–Crippen MR) is 90.9 cm³/mol. The summed E-state index contributed by atoms with van der Waals surface area (Å²) < 4.78 is 51.4. The average Bonchev–Trinajstić information content (AvgIpc) is 3.05. The molecule has 2 N–H and O–H groups in total. The van der Waals surface area contributed by atoms with E-state index in [0.29, 0.717) is 12.6 Å². The fourth-order valence-corrected chi connectivity index (χ4v) is 3.41. The number of carbonyl (C=O) groups is 2. The molecule has 0 bridgehead atoms. The summed E-state index contributed by atoms with van der Waals surface area (Å²) in [6.45, 7) is 1.51. The molecule has 2 aliphatic rings. The number of likely N-dealkylation sites (tertiary alicyclic amines) is 1. The third-order valence-electron chi connectivity index (χ3n) is 4.78. The first-order valence-corrected chi connectivity index (χ1v) is 8.78. The Labute approximate surface area is 159 Å². The van der Waals surface area contributed by atoms with E-state index in [9.17, 15) is 22.4 Å². The van der Waals surface area contributed by atoms with E-state index in [1.807, 2.05) is 12.1 Å². The van der Waals surface area contributed by atoms with Gasteiger partial charge in [-0.25, -0.2) is 9.18 Å². The second-order valence-electron chi connectivity index (χ2n) is 6.58. The number of hydrogen-bond donors (Lipinski definition) is 2. The summed E-state index contributed by atoms with van der Waals surface area (Å²) in [6.07, 6.45) is -2.75. The van der Waals surface area contributed by atoms with Crippen molar-refractivity contribution in [1.82, 2.24) is 10.2 Å². The topological polar surface area (TPSA) is 78.9 Å². The van der Waals surface area contributed by atoms with E-state index in [0.717, 1.165) is 31.4 Å². The van der Waals surface area contributed by atoms with Gasteiger partial charge in [0, 0.05) is 31.7 Å². The molecule has 0 spiro atoms. The number of rotatable bonds is 3. The molecule has 2 heterocycles. The van der Waals surface area contributed by atoms with E-state index in [2.05, 4.69) is 10.2 Å². The van der Waals surface area contributed by atoms with Crippen molar-refractivity contribution in [3.8, 4) is 0 Å². The van der Waals surface area contributed by atoms with Crippen LogP contribution in [0.4, 0.5) is 17.6 Å². The molecule has 10 heteroatoms. The molecule has 2 saturated heterocycles. The van der Waals surface area contributed by atoms with Gasteiger partial charge in [0.1, 0.15) is 11.9 Å². The summed E-state index contributed by atoms with van der Waals surface area (Å²) in [7, 11) is 1.64. The normalized spacial score (nSPS) is 24.7. The second-order valence-corrected chi connectivity index (χ2v) is 6.58. The Balaban J connectivity index is 0.000000345. The summed E-state index contributed by atoms with van der Waals surface area (Å²) in [5, 5.41) is 9.77. The Bertz CT molecular complexity index is 698. The molecule has 1 aromatic rings. The summed E-state index contributed by atoms with van der Waals surface area (Å²) >= 11 is 0. The van der Waals surface area contributed by atoms with Crippen molar-refractivity contribution in [2.24, 2.45) is 0 Å². The number of carboxylic acids is 1. The van der Waals surface area contributed by atoms with Gasteiger partial charge in [-0.05, 0) is 25.3 Å². The van der Waals surface area contributed by atoms with Crippen LogP contribution in [0.15, 0.2) is 24.3 Å². The van der Waals surface area contributed by atoms with Crippen LogP contribution in [-0.4, -0.2) is 59.9 Å². The van der Waals surface area contributed by atoms with Crippen LogP contribution in [0.2, 0.25) is 0 Å². The van der Waals surface area contributed by atoms with Crippen molar-refractivity contribution in [2.45, 2.75) is 50.2 Å². The Morgan fingerprint density at radius 3 is 2.46 bits per heavy atom. The highest BCUT2D eigenvalue weighted by atomic mass is 19.4. The van der Waals surface area contributed by atoms with Crippen molar-refractivity contribution < 1.29 is 37.0 Å². The molecule has 2 fully saturated rings. The minimum Gasteiger partial charge on any atom is -0.475 e. The summed E-state index contributed by atoms with van der Waals surface area (Å²) in [5.41, 5.74) is 0.728. The van der Waals surface area contributed by atoms with Gasteiger partial charge in [0.15, 0.2) is 0 Å². The third kappa shape index (κ3) is 5.65. The van der Waals surface area contributed by atoms with E-state index in [1.165, 1.54) is 6.07 Å². The number of fused-ring (bicyclic) bond motifs is 1. The quantitative estimate of drug-likeness (QED) is 0.754. The lowest BCUT2D eigenvalue weighted by Crippen LogP contribution is -2.47. The number of hydrogen-bond acceptors (Lipinski definition) is 4. The molecule has 3 atom stereocenters. The van der Waals surface area contributed by atoms with Crippen molar-refractivity contribution in [3.05, 3.63) is 35.6 Å². The minimum atomic E-state index is -5.08. The molecule has 3 rings (SSSR count). The number of alkyl halides is 3. The highest BCUT2D eigenvalue weighted by Crippen LogP contribution is 2.32. The zero-order valence-electron chi connectivity index (χ0n) is 15.2. The molecule has 2 aliphatic heterocycles. The van der Waals surface area contributed by atoms with E-state index >= 15 is 0 Å². The molecule has 0 aromatic heterocycles. The average molecular weight is 406 g/mol. The fourth-order valence-electron chi connectivity index (χ4n) is 3.41. The van der Waals surface area contributed by atoms with Gasteiger partial charge < -0.3 is 15.2 Å². The number of carboxylic acid groups (broad SMARTS) is 1. The van der Waals surface area contributed by atoms with Crippen molar-refractivity contribution in [3.63, 3.8) is 0 Å². The van der Waals surface area contributed by atoms with Gasteiger partial charge >= 0.3 is 12.1 Å².